The van der Waals surface area contributed by atoms with Crippen LogP contribution in [-0.4, -0.2) is 27.2 Å². The fourth-order valence-electron chi connectivity index (χ4n) is 2.93. The van der Waals surface area contributed by atoms with Crippen LogP contribution in [0.2, 0.25) is 5.02 Å². The molecule has 4 rings (SSSR count). The van der Waals surface area contributed by atoms with Gasteiger partial charge in [0.15, 0.2) is 5.82 Å². The maximum Gasteiger partial charge on any atom is 0.165 e. The SMILES string of the molecule is CNC(c1ccc(Cl)cc1)c1cc(-c2ccncc2)sc1-c1ncn[nH]1. The average molecular weight is 382 g/mol. The molecule has 0 aliphatic heterocycles. The molecule has 3 heterocycles. The van der Waals surface area contributed by atoms with Gasteiger partial charge >= 0.3 is 0 Å². The minimum Gasteiger partial charge on any atom is -0.309 e. The summed E-state index contributed by atoms with van der Waals surface area (Å²) in [4.78, 5) is 10.7. The van der Waals surface area contributed by atoms with E-state index in [-0.39, 0.29) is 6.04 Å². The molecule has 2 N–H and O–H groups in total. The molecule has 5 nitrogen and oxygen atoms in total. The smallest absolute Gasteiger partial charge is 0.165 e. The van der Waals surface area contributed by atoms with E-state index in [1.54, 1.807) is 23.7 Å². The number of benzene rings is 1. The third-order valence-corrected chi connectivity index (χ3v) is 5.62. The predicted octanol–water partition coefficient (Wildman–Crippen LogP) is 4.56. The van der Waals surface area contributed by atoms with Crippen molar-refractivity contribution in [1.29, 1.82) is 0 Å². The number of hydrogen-bond donors (Lipinski definition) is 2. The molecule has 0 saturated heterocycles. The van der Waals surface area contributed by atoms with Crippen LogP contribution >= 0.6 is 22.9 Å². The lowest BCUT2D eigenvalue weighted by molar-refractivity contribution is 0.695. The summed E-state index contributed by atoms with van der Waals surface area (Å²) in [6.07, 6.45) is 5.14. The van der Waals surface area contributed by atoms with Gasteiger partial charge in [0.2, 0.25) is 0 Å². The molecular weight excluding hydrogens is 366 g/mol. The molecular formula is C19H16ClN5S. The second-order valence-corrected chi connectivity index (χ2v) is 7.23. The van der Waals surface area contributed by atoms with Crippen LogP contribution in [-0.2, 0) is 0 Å². The summed E-state index contributed by atoms with van der Waals surface area (Å²) in [5, 5.41) is 11.1. The number of pyridine rings is 1. The van der Waals surface area contributed by atoms with Gasteiger partial charge in [0.05, 0.1) is 10.9 Å². The monoisotopic (exact) mass is 381 g/mol. The van der Waals surface area contributed by atoms with Gasteiger partial charge in [-0.25, -0.2) is 4.98 Å². The Balaban J connectivity index is 1.85. The van der Waals surface area contributed by atoms with Gasteiger partial charge in [0.1, 0.15) is 6.33 Å². The highest BCUT2D eigenvalue weighted by Gasteiger charge is 2.22. The molecule has 1 atom stereocenters. The molecule has 0 aliphatic carbocycles. The number of hydrogen-bond acceptors (Lipinski definition) is 5. The van der Waals surface area contributed by atoms with Gasteiger partial charge in [0.25, 0.3) is 0 Å². The van der Waals surface area contributed by atoms with E-state index in [2.05, 4.69) is 31.5 Å². The summed E-state index contributed by atoms with van der Waals surface area (Å²) in [6.45, 7) is 0. The van der Waals surface area contributed by atoms with E-state index in [1.807, 2.05) is 43.4 Å². The number of aromatic amines is 1. The minimum atomic E-state index is 0.0132. The van der Waals surface area contributed by atoms with Crippen LogP contribution in [0, 0.1) is 0 Å². The summed E-state index contributed by atoms with van der Waals surface area (Å²) >= 11 is 7.74. The number of rotatable bonds is 5. The topological polar surface area (TPSA) is 66.5 Å². The molecule has 0 aliphatic rings. The quantitative estimate of drug-likeness (QED) is 0.532. The van der Waals surface area contributed by atoms with E-state index in [1.165, 1.54) is 6.33 Å². The summed E-state index contributed by atoms with van der Waals surface area (Å²) in [6, 6.07) is 14.1. The third kappa shape index (κ3) is 3.26. The van der Waals surface area contributed by atoms with E-state index < -0.39 is 0 Å². The molecule has 130 valence electrons. The minimum absolute atomic E-state index is 0.0132. The molecule has 7 heteroatoms. The van der Waals surface area contributed by atoms with Crippen LogP contribution in [0.25, 0.3) is 21.1 Å². The zero-order valence-corrected chi connectivity index (χ0v) is 15.6. The van der Waals surface area contributed by atoms with Crippen molar-refractivity contribution in [1.82, 2.24) is 25.5 Å². The molecule has 0 fully saturated rings. The standard InChI is InChI=1S/C19H16ClN5S/c1-21-17(13-2-4-14(20)5-3-13)15-10-16(12-6-8-22-9-7-12)26-18(15)19-23-11-24-25-19/h2-11,17,21H,1H3,(H,23,24,25). The fourth-order valence-corrected chi connectivity index (χ4v) is 4.21. The van der Waals surface area contributed by atoms with E-state index in [9.17, 15) is 0 Å². The van der Waals surface area contributed by atoms with E-state index in [0.29, 0.717) is 0 Å². The van der Waals surface area contributed by atoms with Crippen molar-refractivity contribution in [2.75, 3.05) is 7.05 Å². The lowest BCUT2D eigenvalue weighted by Gasteiger charge is -2.17. The largest absolute Gasteiger partial charge is 0.309 e. The van der Waals surface area contributed by atoms with Crippen LogP contribution in [0.15, 0.2) is 61.2 Å². The Bertz CT molecular complexity index is 981. The Labute approximate surface area is 160 Å². The van der Waals surface area contributed by atoms with Crippen molar-refractivity contribution in [3.8, 4) is 21.1 Å². The zero-order valence-electron chi connectivity index (χ0n) is 14.0. The van der Waals surface area contributed by atoms with Crippen LogP contribution in [0.3, 0.4) is 0 Å². The van der Waals surface area contributed by atoms with Crippen LogP contribution < -0.4 is 5.32 Å². The molecule has 4 aromatic rings. The number of nitrogens with one attached hydrogen (secondary N) is 2. The Morgan fingerprint density at radius 1 is 1.12 bits per heavy atom. The highest BCUT2D eigenvalue weighted by atomic mass is 35.5. The van der Waals surface area contributed by atoms with E-state index in [0.717, 1.165) is 37.3 Å². The van der Waals surface area contributed by atoms with Crippen molar-refractivity contribution in [2.45, 2.75) is 6.04 Å². The fraction of sp³-hybridized carbons (Fsp3) is 0.105. The molecule has 1 aromatic carbocycles. The van der Waals surface area contributed by atoms with Crippen molar-refractivity contribution >= 4 is 22.9 Å². The highest BCUT2D eigenvalue weighted by Crippen LogP contribution is 2.41. The van der Waals surface area contributed by atoms with Gasteiger partial charge in [-0.3, -0.25) is 10.1 Å². The molecule has 0 bridgehead atoms. The number of H-pyrrole nitrogens is 1. The highest BCUT2D eigenvalue weighted by molar-refractivity contribution is 7.19. The molecule has 0 radical (unpaired) electrons. The van der Waals surface area contributed by atoms with Gasteiger partial charge in [-0.2, -0.15) is 5.10 Å². The van der Waals surface area contributed by atoms with Gasteiger partial charge in [0, 0.05) is 22.3 Å². The summed E-state index contributed by atoms with van der Waals surface area (Å²) < 4.78 is 0. The van der Waals surface area contributed by atoms with Crippen molar-refractivity contribution in [2.24, 2.45) is 0 Å². The predicted molar refractivity (Wildman–Crippen MR) is 105 cm³/mol. The van der Waals surface area contributed by atoms with Crippen LogP contribution in [0.4, 0.5) is 0 Å². The van der Waals surface area contributed by atoms with E-state index in [4.69, 9.17) is 11.6 Å². The van der Waals surface area contributed by atoms with Crippen LogP contribution in [0.1, 0.15) is 17.2 Å². The third-order valence-electron chi connectivity index (χ3n) is 4.16. The molecule has 26 heavy (non-hydrogen) atoms. The first-order chi connectivity index (χ1) is 12.8. The average Bonchev–Trinajstić information content (AvgIpc) is 3.34. The maximum atomic E-state index is 6.05. The zero-order chi connectivity index (χ0) is 17.9. The molecule has 3 aromatic heterocycles. The Kier molecular flexibility index (Phi) is 4.79. The number of nitrogens with zero attached hydrogens (tertiary/aromatic N) is 3. The number of aromatic nitrogens is 4. The lowest BCUT2D eigenvalue weighted by atomic mass is 9.98. The second kappa shape index (κ2) is 7.37. The first-order valence-corrected chi connectivity index (χ1v) is 9.28. The normalized spacial score (nSPS) is 12.2. The van der Waals surface area contributed by atoms with Gasteiger partial charge in [-0.1, -0.05) is 23.7 Å². The molecule has 0 spiro atoms. The van der Waals surface area contributed by atoms with Gasteiger partial charge in [-0.05, 0) is 54.1 Å². The number of halogens is 1. The van der Waals surface area contributed by atoms with Gasteiger partial charge in [-0.15, -0.1) is 11.3 Å². The Hall–Kier alpha value is -2.54. The van der Waals surface area contributed by atoms with Crippen molar-refractivity contribution in [3.05, 3.63) is 77.3 Å². The van der Waals surface area contributed by atoms with Crippen LogP contribution in [0.5, 0.6) is 0 Å². The van der Waals surface area contributed by atoms with Crippen molar-refractivity contribution in [3.63, 3.8) is 0 Å². The first-order valence-electron chi connectivity index (χ1n) is 8.09. The first kappa shape index (κ1) is 16.9. The second-order valence-electron chi connectivity index (χ2n) is 5.74. The summed E-state index contributed by atoms with van der Waals surface area (Å²) in [5.74, 6) is 0.763. The summed E-state index contributed by atoms with van der Waals surface area (Å²) in [7, 11) is 1.95. The van der Waals surface area contributed by atoms with Crippen molar-refractivity contribution < 1.29 is 0 Å². The molecule has 1 unspecified atom stereocenters. The molecule has 0 saturated carbocycles. The summed E-state index contributed by atoms with van der Waals surface area (Å²) in [5.41, 5.74) is 3.41. The Morgan fingerprint density at radius 3 is 2.54 bits per heavy atom. The maximum absolute atomic E-state index is 6.05. The molecule has 0 amide bonds. The number of thiophene rings is 1. The van der Waals surface area contributed by atoms with E-state index >= 15 is 0 Å². The lowest BCUT2D eigenvalue weighted by Crippen LogP contribution is -2.17. The Morgan fingerprint density at radius 2 is 1.88 bits per heavy atom. The van der Waals surface area contributed by atoms with Gasteiger partial charge < -0.3 is 5.32 Å².